The zero-order valence-corrected chi connectivity index (χ0v) is 7.06. The predicted octanol–water partition coefficient (Wildman–Crippen LogP) is 1.94. The normalized spacial score (nSPS) is 10.2. The molecule has 0 aliphatic carbocycles. The van der Waals surface area contributed by atoms with Gasteiger partial charge in [-0.2, -0.15) is 0 Å². The van der Waals surface area contributed by atoms with Crippen LogP contribution in [-0.4, -0.2) is 11.4 Å². The number of carbonyl (C=O) groups is 1. The van der Waals surface area contributed by atoms with Crippen molar-refractivity contribution in [1.82, 2.24) is 0 Å². The molecule has 1 rings (SSSR count). The summed E-state index contributed by atoms with van der Waals surface area (Å²) in [6, 6.07) is 0.259. The first-order valence-electron chi connectivity index (χ1n) is 3.87. The predicted molar refractivity (Wildman–Crippen MR) is 42.4 cm³/mol. The SMILES string of the molecule is O=CCCc1c(O)c(F)cc(F)c1F. The van der Waals surface area contributed by atoms with E-state index in [0.717, 1.165) is 0 Å². The van der Waals surface area contributed by atoms with Crippen LogP contribution < -0.4 is 0 Å². The Morgan fingerprint density at radius 3 is 2.50 bits per heavy atom. The molecule has 1 aromatic rings. The lowest BCUT2D eigenvalue weighted by Crippen LogP contribution is -1.98. The third-order valence-corrected chi connectivity index (χ3v) is 1.75. The second kappa shape index (κ2) is 4.13. The highest BCUT2D eigenvalue weighted by Crippen LogP contribution is 2.27. The molecule has 0 radical (unpaired) electrons. The molecule has 0 heterocycles. The van der Waals surface area contributed by atoms with Crippen molar-refractivity contribution in [3.05, 3.63) is 29.1 Å². The molecule has 1 N–H and O–H groups in total. The summed E-state index contributed by atoms with van der Waals surface area (Å²) in [5.74, 6) is -4.86. The number of hydrogen-bond donors (Lipinski definition) is 1. The number of rotatable bonds is 3. The summed E-state index contributed by atoms with van der Waals surface area (Å²) in [6.45, 7) is 0. The first-order chi connectivity index (χ1) is 6.57. The van der Waals surface area contributed by atoms with Crippen LogP contribution in [0.2, 0.25) is 0 Å². The van der Waals surface area contributed by atoms with Gasteiger partial charge in [0.1, 0.15) is 6.29 Å². The number of aromatic hydroxyl groups is 1. The molecule has 0 unspecified atom stereocenters. The molecule has 0 bridgehead atoms. The smallest absolute Gasteiger partial charge is 0.168 e. The Labute approximate surface area is 78.0 Å². The van der Waals surface area contributed by atoms with Crippen LogP contribution in [-0.2, 0) is 11.2 Å². The van der Waals surface area contributed by atoms with E-state index in [1.165, 1.54) is 0 Å². The van der Waals surface area contributed by atoms with Crippen LogP contribution in [0.3, 0.4) is 0 Å². The number of phenolic OH excluding ortho intramolecular Hbond substituents is 1. The molecule has 0 aliphatic heterocycles. The number of hydrogen-bond acceptors (Lipinski definition) is 2. The number of benzene rings is 1. The highest BCUT2D eigenvalue weighted by Gasteiger charge is 2.17. The molecule has 5 heteroatoms. The van der Waals surface area contributed by atoms with E-state index in [0.29, 0.717) is 6.29 Å². The fourth-order valence-electron chi connectivity index (χ4n) is 1.07. The standard InChI is InChI=1S/C9H7F3O2/c10-6-4-7(11)9(14)5(8(6)12)2-1-3-13/h3-4,14H,1-2H2. The lowest BCUT2D eigenvalue weighted by atomic mass is 10.1. The van der Waals surface area contributed by atoms with Crippen LogP contribution in [0.5, 0.6) is 5.75 Å². The molecular weight excluding hydrogens is 197 g/mol. The lowest BCUT2D eigenvalue weighted by molar-refractivity contribution is -0.107. The molecule has 0 saturated carbocycles. The Morgan fingerprint density at radius 1 is 1.29 bits per heavy atom. The van der Waals surface area contributed by atoms with Crippen molar-refractivity contribution in [2.24, 2.45) is 0 Å². The van der Waals surface area contributed by atoms with Gasteiger partial charge in [-0.1, -0.05) is 0 Å². The van der Waals surface area contributed by atoms with Gasteiger partial charge < -0.3 is 9.90 Å². The van der Waals surface area contributed by atoms with Gasteiger partial charge in [-0.3, -0.25) is 0 Å². The average molecular weight is 204 g/mol. The zero-order chi connectivity index (χ0) is 10.7. The van der Waals surface area contributed by atoms with Crippen LogP contribution in [0, 0.1) is 17.5 Å². The summed E-state index contributed by atoms with van der Waals surface area (Å²) >= 11 is 0. The molecule has 2 nitrogen and oxygen atoms in total. The van der Waals surface area contributed by atoms with E-state index in [-0.39, 0.29) is 18.9 Å². The van der Waals surface area contributed by atoms with Crippen molar-refractivity contribution in [1.29, 1.82) is 0 Å². The second-order valence-electron chi connectivity index (χ2n) is 2.69. The minimum absolute atomic E-state index is 0.104. The third kappa shape index (κ3) is 1.86. The average Bonchev–Trinajstić information content (AvgIpc) is 2.15. The van der Waals surface area contributed by atoms with E-state index in [1.54, 1.807) is 0 Å². The van der Waals surface area contributed by atoms with Gasteiger partial charge in [0, 0.05) is 18.1 Å². The highest BCUT2D eigenvalue weighted by atomic mass is 19.2. The zero-order valence-electron chi connectivity index (χ0n) is 7.06. The molecule has 14 heavy (non-hydrogen) atoms. The Hall–Kier alpha value is -1.52. The molecule has 0 aliphatic rings. The first-order valence-corrected chi connectivity index (χ1v) is 3.87. The van der Waals surface area contributed by atoms with Crippen LogP contribution >= 0.6 is 0 Å². The Balaban J connectivity index is 3.17. The van der Waals surface area contributed by atoms with E-state index in [4.69, 9.17) is 5.11 Å². The molecule has 0 aromatic heterocycles. The summed E-state index contributed by atoms with van der Waals surface area (Å²) in [7, 11) is 0. The monoisotopic (exact) mass is 204 g/mol. The third-order valence-electron chi connectivity index (χ3n) is 1.75. The summed E-state index contributed by atoms with van der Waals surface area (Å²) in [6.07, 6.45) is 0.144. The van der Waals surface area contributed by atoms with Gasteiger partial charge in [0.05, 0.1) is 0 Å². The minimum Gasteiger partial charge on any atom is -0.505 e. The van der Waals surface area contributed by atoms with Crippen molar-refractivity contribution >= 4 is 6.29 Å². The maximum absolute atomic E-state index is 12.9. The van der Waals surface area contributed by atoms with Gasteiger partial charge in [-0.15, -0.1) is 0 Å². The topological polar surface area (TPSA) is 37.3 Å². The number of aldehydes is 1. The van der Waals surface area contributed by atoms with Gasteiger partial charge in [0.25, 0.3) is 0 Å². The summed E-state index contributed by atoms with van der Waals surface area (Å²) in [5, 5.41) is 9.03. The van der Waals surface area contributed by atoms with Crippen LogP contribution in [0.25, 0.3) is 0 Å². The lowest BCUT2D eigenvalue weighted by Gasteiger charge is -2.05. The molecule has 76 valence electrons. The second-order valence-corrected chi connectivity index (χ2v) is 2.69. The van der Waals surface area contributed by atoms with Gasteiger partial charge in [0.2, 0.25) is 0 Å². The fraction of sp³-hybridized carbons (Fsp3) is 0.222. The Morgan fingerprint density at radius 2 is 1.93 bits per heavy atom. The summed E-state index contributed by atoms with van der Waals surface area (Å²) in [5.41, 5.74) is -0.505. The van der Waals surface area contributed by atoms with Crippen LogP contribution in [0.4, 0.5) is 13.2 Å². The molecule has 0 atom stereocenters. The van der Waals surface area contributed by atoms with E-state index in [2.05, 4.69) is 0 Å². The number of phenols is 1. The largest absolute Gasteiger partial charge is 0.505 e. The summed E-state index contributed by atoms with van der Waals surface area (Å²) < 4.78 is 38.3. The van der Waals surface area contributed by atoms with E-state index >= 15 is 0 Å². The van der Waals surface area contributed by atoms with Crippen molar-refractivity contribution in [3.8, 4) is 5.75 Å². The molecule has 0 spiro atoms. The quantitative estimate of drug-likeness (QED) is 0.603. The van der Waals surface area contributed by atoms with E-state index in [9.17, 15) is 18.0 Å². The molecule has 1 aromatic carbocycles. The minimum atomic E-state index is -1.37. The first kappa shape index (κ1) is 10.6. The summed E-state index contributed by atoms with van der Waals surface area (Å²) in [4.78, 5) is 9.98. The van der Waals surface area contributed by atoms with Crippen molar-refractivity contribution < 1.29 is 23.1 Å². The molecular formula is C9H7F3O2. The number of carbonyl (C=O) groups excluding carboxylic acids is 1. The van der Waals surface area contributed by atoms with Crippen LogP contribution in [0.1, 0.15) is 12.0 Å². The van der Waals surface area contributed by atoms with Gasteiger partial charge in [-0.25, -0.2) is 13.2 Å². The van der Waals surface area contributed by atoms with Crippen LogP contribution in [0.15, 0.2) is 6.07 Å². The van der Waals surface area contributed by atoms with Crippen molar-refractivity contribution in [2.75, 3.05) is 0 Å². The number of halogens is 3. The Kier molecular flexibility index (Phi) is 3.11. The van der Waals surface area contributed by atoms with Gasteiger partial charge in [0.15, 0.2) is 23.2 Å². The maximum Gasteiger partial charge on any atom is 0.168 e. The fourth-order valence-corrected chi connectivity index (χ4v) is 1.07. The van der Waals surface area contributed by atoms with E-state index < -0.39 is 28.8 Å². The van der Waals surface area contributed by atoms with Gasteiger partial charge >= 0.3 is 0 Å². The van der Waals surface area contributed by atoms with Crippen molar-refractivity contribution in [3.63, 3.8) is 0 Å². The Bertz CT molecular complexity index is 337. The van der Waals surface area contributed by atoms with Crippen molar-refractivity contribution in [2.45, 2.75) is 12.8 Å². The molecule has 0 fully saturated rings. The molecule has 0 saturated heterocycles. The highest BCUT2D eigenvalue weighted by molar-refractivity contribution is 5.51. The van der Waals surface area contributed by atoms with E-state index in [1.807, 2.05) is 0 Å². The molecule has 0 amide bonds. The maximum atomic E-state index is 12.9. The van der Waals surface area contributed by atoms with Gasteiger partial charge in [-0.05, 0) is 6.42 Å².